The first-order valence-corrected chi connectivity index (χ1v) is 9.72. The third-order valence-electron chi connectivity index (χ3n) is 4.04. The third-order valence-corrected chi connectivity index (χ3v) is 5.95. The second-order valence-corrected chi connectivity index (χ2v) is 7.74. The molecule has 5 nitrogen and oxygen atoms in total. The smallest absolute Gasteiger partial charge is 0.345 e. The minimum Gasteiger partial charge on any atom is -0.345 e. The summed E-state index contributed by atoms with van der Waals surface area (Å²) in [6, 6.07) is 10.5. The number of nitrogens with zero attached hydrogens (tertiary/aromatic N) is 4. The van der Waals surface area contributed by atoms with E-state index >= 15 is 0 Å². The number of alkyl halides is 3. The van der Waals surface area contributed by atoms with Crippen molar-refractivity contribution < 1.29 is 13.2 Å². The van der Waals surface area contributed by atoms with Crippen molar-refractivity contribution in [3.8, 4) is 17.3 Å². The van der Waals surface area contributed by atoms with Crippen LogP contribution in [0.5, 0.6) is 0 Å². The molecule has 0 spiro atoms. The number of hydrogen-bond acceptors (Lipinski definition) is 5. The van der Waals surface area contributed by atoms with Crippen LogP contribution in [0.3, 0.4) is 0 Å². The Morgan fingerprint density at radius 2 is 1.93 bits per heavy atom. The van der Waals surface area contributed by atoms with Crippen LogP contribution in [-0.2, 0) is 6.18 Å². The topological polar surface area (TPSA) is 78.2 Å². The van der Waals surface area contributed by atoms with E-state index < -0.39 is 11.7 Å². The fourth-order valence-corrected chi connectivity index (χ4v) is 3.96. The van der Waals surface area contributed by atoms with Crippen LogP contribution in [0, 0.1) is 11.3 Å². The molecule has 0 unspecified atom stereocenters. The second-order valence-electron chi connectivity index (χ2n) is 5.88. The van der Waals surface area contributed by atoms with Crippen LogP contribution in [0.2, 0.25) is 0 Å². The largest absolute Gasteiger partial charge is 0.417 e. The van der Waals surface area contributed by atoms with E-state index in [1.165, 1.54) is 24.2 Å². The SMILES string of the molecule is N#Cc1cnc(Sc2ccccc2Br)nc1-c1c[nH]c2ncc(C(F)(F)F)cc12. The predicted octanol–water partition coefficient (Wildman–Crippen LogP) is 5.82. The number of H-pyrrole nitrogens is 1. The van der Waals surface area contributed by atoms with Crippen molar-refractivity contribution in [2.24, 2.45) is 0 Å². The van der Waals surface area contributed by atoms with Crippen molar-refractivity contribution in [1.82, 2.24) is 19.9 Å². The molecule has 3 aromatic heterocycles. The summed E-state index contributed by atoms with van der Waals surface area (Å²) in [5.74, 6) is 0. The maximum absolute atomic E-state index is 13.1. The van der Waals surface area contributed by atoms with Crippen molar-refractivity contribution in [3.63, 3.8) is 0 Å². The van der Waals surface area contributed by atoms with Crippen molar-refractivity contribution in [3.05, 3.63) is 64.5 Å². The van der Waals surface area contributed by atoms with Crippen LogP contribution in [0.4, 0.5) is 13.2 Å². The Hall–Kier alpha value is -2.90. The molecule has 0 aliphatic carbocycles. The lowest BCUT2D eigenvalue weighted by Gasteiger charge is -2.08. The van der Waals surface area contributed by atoms with E-state index in [2.05, 4.69) is 35.9 Å². The van der Waals surface area contributed by atoms with Gasteiger partial charge in [-0.3, -0.25) is 0 Å². The number of benzene rings is 1. The monoisotopic (exact) mass is 475 g/mol. The van der Waals surface area contributed by atoms with Gasteiger partial charge in [-0.15, -0.1) is 0 Å². The highest BCUT2D eigenvalue weighted by Gasteiger charge is 2.31. The summed E-state index contributed by atoms with van der Waals surface area (Å²) in [6.45, 7) is 0. The second kappa shape index (κ2) is 7.50. The number of aromatic amines is 1. The first-order valence-electron chi connectivity index (χ1n) is 8.11. The van der Waals surface area contributed by atoms with E-state index in [1.54, 1.807) is 0 Å². The molecule has 1 N–H and O–H groups in total. The number of nitriles is 1. The van der Waals surface area contributed by atoms with E-state index in [4.69, 9.17) is 0 Å². The molecule has 0 saturated carbocycles. The van der Waals surface area contributed by atoms with Gasteiger partial charge in [0.05, 0.1) is 16.8 Å². The summed E-state index contributed by atoms with van der Waals surface area (Å²) >= 11 is 4.72. The zero-order valence-electron chi connectivity index (χ0n) is 14.3. The van der Waals surface area contributed by atoms with Crippen LogP contribution >= 0.6 is 27.7 Å². The number of rotatable bonds is 3. The van der Waals surface area contributed by atoms with Gasteiger partial charge in [0, 0.05) is 38.9 Å². The Balaban J connectivity index is 1.84. The van der Waals surface area contributed by atoms with E-state index in [0.29, 0.717) is 10.7 Å². The Kier molecular flexibility index (Phi) is 5.02. The summed E-state index contributed by atoms with van der Waals surface area (Å²) in [4.78, 5) is 16.2. The van der Waals surface area contributed by atoms with Gasteiger partial charge in [-0.2, -0.15) is 18.4 Å². The molecule has 10 heteroatoms. The molecule has 0 radical (unpaired) electrons. The van der Waals surface area contributed by atoms with Gasteiger partial charge < -0.3 is 4.98 Å². The van der Waals surface area contributed by atoms with Crippen LogP contribution in [0.15, 0.2) is 63.4 Å². The standard InChI is InChI=1S/C19H9BrF3N5S/c20-14-3-1-2-4-15(14)29-18-27-7-10(6-24)16(28-18)13-9-26-17-12(13)5-11(8-25-17)19(21,22)23/h1-5,7-9H,(H,25,26). The Bertz CT molecular complexity index is 1260. The molecule has 0 aliphatic rings. The van der Waals surface area contributed by atoms with E-state index in [-0.39, 0.29) is 22.3 Å². The Labute approximate surface area is 175 Å². The van der Waals surface area contributed by atoms with Gasteiger partial charge in [-0.1, -0.05) is 12.1 Å². The minimum atomic E-state index is -4.53. The number of nitrogens with one attached hydrogen (secondary N) is 1. The predicted molar refractivity (Wildman–Crippen MR) is 105 cm³/mol. The molecule has 1 aromatic carbocycles. The summed E-state index contributed by atoms with van der Waals surface area (Å²) in [7, 11) is 0. The Morgan fingerprint density at radius 1 is 1.14 bits per heavy atom. The molecular weight excluding hydrogens is 467 g/mol. The highest BCUT2D eigenvalue weighted by atomic mass is 79.9. The maximum atomic E-state index is 13.1. The zero-order valence-corrected chi connectivity index (χ0v) is 16.7. The van der Waals surface area contributed by atoms with Crippen molar-refractivity contribution in [2.75, 3.05) is 0 Å². The average Bonchev–Trinajstić information content (AvgIpc) is 3.12. The van der Waals surface area contributed by atoms with Crippen molar-refractivity contribution in [2.45, 2.75) is 16.2 Å². The zero-order chi connectivity index (χ0) is 20.6. The van der Waals surface area contributed by atoms with Gasteiger partial charge in [0.2, 0.25) is 0 Å². The highest BCUT2D eigenvalue weighted by molar-refractivity contribution is 9.10. The number of pyridine rings is 1. The van der Waals surface area contributed by atoms with Crippen molar-refractivity contribution in [1.29, 1.82) is 5.26 Å². The highest BCUT2D eigenvalue weighted by Crippen LogP contribution is 2.36. The van der Waals surface area contributed by atoms with Gasteiger partial charge in [0.1, 0.15) is 11.7 Å². The van der Waals surface area contributed by atoms with Gasteiger partial charge in [0.15, 0.2) is 5.16 Å². The van der Waals surface area contributed by atoms with Gasteiger partial charge >= 0.3 is 6.18 Å². The molecule has 0 amide bonds. The third kappa shape index (κ3) is 3.83. The minimum absolute atomic E-state index is 0.153. The molecule has 0 saturated heterocycles. The van der Waals surface area contributed by atoms with Crippen LogP contribution < -0.4 is 0 Å². The van der Waals surface area contributed by atoms with E-state index in [1.807, 2.05) is 30.3 Å². The summed E-state index contributed by atoms with van der Waals surface area (Å²) in [5.41, 5.74) is 0.146. The molecular formula is C19H9BrF3N5S. The fourth-order valence-electron chi connectivity index (χ4n) is 2.68. The van der Waals surface area contributed by atoms with Gasteiger partial charge in [0.25, 0.3) is 0 Å². The normalized spacial score (nSPS) is 11.6. The van der Waals surface area contributed by atoms with Crippen LogP contribution in [0.1, 0.15) is 11.1 Å². The molecule has 0 bridgehead atoms. The number of hydrogen-bond donors (Lipinski definition) is 1. The summed E-state index contributed by atoms with van der Waals surface area (Å²) in [6.07, 6.45) is -0.905. The molecule has 4 aromatic rings. The number of fused-ring (bicyclic) bond motifs is 1. The Morgan fingerprint density at radius 3 is 2.66 bits per heavy atom. The van der Waals surface area contributed by atoms with Crippen LogP contribution in [-0.4, -0.2) is 19.9 Å². The van der Waals surface area contributed by atoms with Crippen molar-refractivity contribution >= 4 is 38.7 Å². The number of aromatic nitrogens is 4. The van der Waals surface area contributed by atoms with E-state index in [9.17, 15) is 18.4 Å². The molecule has 144 valence electrons. The summed E-state index contributed by atoms with van der Waals surface area (Å²) < 4.78 is 40.2. The van der Waals surface area contributed by atoms with Gasteiger partial charge in [-0.25, -0.2) is 15.0 Å². The lowest BCUT2D eigenvalue weighted by atomic mass is 10.1. The molecule has 4 rings (SSSR count). The molecule has 0 atom stereocenters. The maximum Gasteiger partial charge on any atom is 0.417 e. The molecule has 3 heterocycles. The van der Waals surface area contributed by atoms with Gasteiger partial charge in [-0.05, 0) is 45.9 Å². The number of halogens is 4. The molecule has 29 heavy (non-hydrogen) atoms. The lowest BCUT2D eigenvalue weighted by Crippen LogP contribution is -2.05. The summed E-state index contributed by atoms with van der Waals surface area (Å²) in [5, 5.41) is 10.0. The molecule has 0 aliphatic heterocycles. The lowest BCUT2D eigenvalue weighted by molar-refractivity contribution is -0.137. The quantitative estimate of drug-likeness (QED) is 0.377. The average molecular weight is 476 g/mol. The first kappa shape index (κ1) is 19.4. The van der Waals surface area contributed by atoms with Crippen LogP contribution in [0.25, 0.3) is 22.3 Å². The first-order chi connectivity index (χ1) is 13.9. The fraction of sp³-hybridized carbons (Fsp3) is 0.0526. The molecule has 0 fully saturated rings. The van der Waals surface area contributed by atoms with E-state index in [0.717, 1.165) is 21.6 Å².